The zero-order valence-electron chi connectivity index (χ0n) is 27.5. The summed E-state index contributed by atoms with van der Waals surface area (Å²) in [6.45, 7) is 6.31. The third-order valence-electron chi connectivity index (χ3n) is 9.18. The molecule has 9 rings (SSSR count). The first-order valence-electron chi connectivity index (χ1n) is 16.6. The summed E-state index contributed by atoms with van der Waals surface area (Å²) >= 11 is 0. The van der Waals surface area contributed by atoms with Crippen molar-refractivity contribution in [3.8, 4) is 34.0 Å². The van der Waals surface area contributed by atoms with Crippen LogP contribution in [-0.2, 0) is 0 Å². The fourth-order valence-electron chi connectivity index (χ4n) is 6.76. The number of hydrogen-bond donors (Lipinski definition) is 0. The Bertz CT molecular complexity index is 2380. The van der Waals surface area contributed by atoms with Crippen LogP contribution >= 0.6 is 0 Å². The molecule has 0 aliphatic rings. The Kier molecular flexibility index (Phi) is 6.77. The Labute approximate surface area is 284 Å². The average molecular weight is 636 g/mol. The first-order chi connectivity index (χ1) is 23.9. The van der Waals surface area contributed by atoms with E-state index in [1.165, 1.54) is 16.7 Å². The van der Waals surface area contributed by atoms with E-state index in [1.807, 2.05) is 18.2 Å². The molecule has 0 fully saturated rings. The van der Waals surface area contributed by atoms with Crippen molar-refractivity contribution in [1.29, 1.82) is 0 Å². The lowest BCUT2D eigenvalue weighted by atomic mass is 10.1. The van der Waals surface area contributed by atoms with Crippen LogP contribution in [-0.4, -0.2) is 0 Å². The van der Waals surface area contributed by atoms with Gasteiger partial charge in [0.25, 0.3) is 0 Å². The van der Waals surface area contributed by atoms with Crippen LogP contribution in [0.4, 0.5) is 17.1 Å². The molecule has 0 saturated heterocycles. The van der Waals surface area contributed by atoms with Crippen molar-refractivity contribution >= 4 is 50.0 Å². The van der Waals surface area contributed by atoms with Crippen LogP contribution in [0.1, 0.15) is 16.7 Å². The Balaban J connectivity index is 1.19. The first kappa shape index (κ1) is 28.9. The first-order valence-corrected chi connectivity index (χ1v) is 16.6. The minimum atomic E-state index is 0.833. The average Bonchev–Trinajstić information content (AvgIpc) is 3.85. The fourth-order valence-corrected chi connectivity index (χ4v) is 6.76. The van der Waals surface area contributed by atoms with Crippen LogP contribution in [0.3, 0.4) is 0 Å². The highest BCUT2D eigenvalue weighted by Gasteiger charge is 2.18. The molecule has 0 aliphatic carbocycles. The quantitative estimate of drug-likeness (QED) is 0.182. The predicted molar refractivity (Wildman–Crippen MR) is 201 cm³/mol. The number of benzene rings is 6. The Morgan fingerprint density at radius 3 is 1.00 bits per heavy atom. The van der Waals surface area contributed by atoms with Gasteiger partial charge >= 0.3 is 0 Å². The van der Waals surface area contributed by atoms with Gasteiger partial charge in [-0.1, -0.05) is 71.3 Å². The van der Waals surface area contributed by atoms with Crippen LogP contribution in [0.25, 0.3) is 66.9 Å². The van der Waals surface area contributed by atoms with Gasteiger partial charge in [-0.3, -0.25) is 0 Å². The van der Waals surface area contributed by atoms with E-state index in [9.17, 15) is 0 Å². The van der Waals surface area contributed by atoms with Crippen LogP contribution in [0.15, 0.2) is 159 Å². The number of fused-ring (bicyclic) bond motifs is 3. The number of nitrogens with zero attached hydrogens (tertiary/aromatic N) is 1. The molecular weight excluding hydrogens is 602 g/mol. The van der Waals surface area contributed by atoms with Gasteiger partial charge in [0.2, 0.25) is 0 Å². The van der Waals surface area contributed by atoms with Gasteiger partial charge in [0, 0.05) is 49.9 Å². The summed E-state index contributed by atoms with van der Waals surface area (Å²) in [5.41, 5.74) is 12.3. The maximum Gasteiger partial charge on any atom is 0.135 e. The van der Waals surface area contributed by atoms with E-state index in [-0.39, 0.29) is 0 Å². The van der Waals surface area contributed by atoms with Crippen LogP contribution in [0, 0.1) is 20.8 Å². The standard InChI is InChI=1S/C45H33NO3/c1-28-13-16-40-34(19-28)25-43(47-40)31-7-4-10-37(22-31)46(38-11-5-8-32(23-38)44-26-35-20-29(2)14-17-41(35)48-44)39-12-6-9-33(24-39)45-27-36-21-30(3)15-18-42(36)49-45/h4-27H,1-3H3. The van der Waals surface area contributed by atoms with Crippen LogP contribution in [0.5, 0.6) is 0 Å². The van der Waals surface area contributed by atoms with Crippen molar-refractivity contribution in [3.05, 3.63) is 162 Å². The molecular formula is C45H33NO3. The predicted octanol–water partition coefficient (Wildman–Crippen LogP) is 13.3. The molecule has 0 saturated carbocycles. The summed E-state index contributed by atoms with van der Waals surface area (Å²) in [7, 11) is 0. The molecule has 4 nitrogen and oxygen atoms in total. The van der Waals surface area contributed by atoms with E-state index in [1.54, 1.807) is 0 Å². The van der Waals surface area contributed by atoms with E-state index in [2.05, 4.69) is 153 Å². The van der Waals surface area contributed by atoms with Crippen molar-refractivity contribution in [3.63, 3.8) is 0 Å². The maximum absolute atomic E-state index is 6.34. The highest BCUT2D eigenvalue weighted by atomic mass is 16.3. The highest BCUT2D eigenvalue weighted by Crippen LogP contribution is 2.41. The normalized spacial score (nSPS) is 11.6. The summed E-state index contributed by atoms with van der Waals surface area (Å²) in [5, 5.41) is 3.29. The molecule has 236 valence electrons. The van der Waals surface area contributed by atoms with Crippen molar-refractivity contribution in [1.82, 2.24) is 0 Å². The van der Waals surface area contributed by atoms with Gasteiger partial charge in [-0.05, 0) is 112 Å². The van der Waals surface area contributed by atoms with E-state index >= 15 is 0 Å². The molecule has 3 aromatic heterocycles. The smallest absolute Gasteiger partial charge is 0.135 e. The Hall–Kier alpha value is -6.26. The number of anilines is 3. The van der Waals surface area contributed by atoms with Gasteiger partial charge in [0.15, 0.2) is 0 Å². The lowest BCUT2D eigenvalue weighted by molar-refractivity contribution is 0.631. The molecule has 0 atom stereocenters. The van der Waals surface area contributed by atoms with Crippen LogP contribution in [0.2, 0.25) is 0 Å². The summed E-state index contributed by atoms with van der Waals surface area (Å²) in [6, 6.07) is 50.8. The summed E-state index contributed by atoms with van der Waals surface area (Å²) in [4.78, 5) is 2.28. The third-order valence-corrected chi connectivity index (χ3v) is 9.18. The minimum absolute atomic E-state index is 0.833. The van der Waals surface area contributed by atoms with E-state index < -0.39 is 0 Å². The lowest BCUT2D eigenvalue weighted by Gasteiger charge is -2.26. The molecule has 0 bridgehead atoms. The second-order valence-electron chi connectivity index (χ2n) is 12.9. The molecule has 9 aromatic rings. The van der Waals surface area contributed by atoms with Gasteiger partial charge < -0.3 is 18.2 Å². The number of furan rings is 3. The SMILES string of the molecule is Cc1ccc2oc(-c3cccc(N(c4cccc(-c5cc6cc(C)ccc6o5)c4)c4cccc(-c5cc6cc(C)ccc6o5)c4)c3)cc2c1. The fraction of sp³-hybridized carbons (Fsp3) is 0.0667. The molecule has 3 heterocycles. The third kappa shape index (κ3) is 5.38. The second-order valence-corrected chi connectivity index (χ2v) is 12.9. The van der Waals surface area contributed by atoms with Crippen molar-refractivity contribution in [2.45, 2.75) is 20.8 Å². The lowest BCUT2D eigenvalue weighted by Crippen LogP contribution is -2.10. The Morgan fingerprint density at radius 1 is 0.347 bits per heavy atom. The van der Waals surface area contributed by atoms with E-state index in [4.69, 9.17) is 13.3 Å². The molecule has 0 radical (unpaired) electrons. The van der Waals surface area contributed by atoms with Gasteiger partial charge in [-0.25, -0.2) is 0 Å². The zero-order valence-corrected chi connectivity index (χ0v) is 27.5. The number of rotatable bonds is 6. The van der Waals surface area contributed by atoms with Crippen molar-refractivity contribution < 1.29 is 13.3 Å². The minimum Gasteiger partial charge on any atom is -0.456 e. The Morgan fingerprint density at radius 2 is 0.673 bits per heavy atom. The van der Waals surface area contributed by atoms with Gasteiger partial charge in [0.1, 0.15) is 34.0 Å². The molecule has 4 heteroatoms. The number of hydrogen-bond acceptors (Lipinski definition) is 4. The van der Waals surface area contributed by atoms with Crippen molar-refractivity contribution in [2.75, 3.05) is 4.90 Å². The molecule has 0 unspecified atom stereocenters. The second kappa shape index (κ2) is 11.5. The van der Waals surface area contributed by atoms with Gasteiger partial charge in [0.05, 0.1) is 0 Å². The summed E-state index contributed by atoms with van der Waals surface area (Å²) in [6.07, 6.45) is 0. The van der Waals surface area contributed by atoms with E-state index in [0.717, 1.165) is 83.9 Å². The van der Waals surface area contributed by atoms with Gasteiger partial charge in [-0.2, -0.15) is 0 Å². The maximum atomic E-state index is 6.34. The zero-order chi connectivity index (χ0) is 33.1. The van der Waals surface area contributed by atoms with Crippen molar-refractivity contribution in [2.24, 2.45) is 0 Å². The summed E-state index contributed by atoms with van der Waals surface area (Å²) in [5.74, 6) is 2.50. The monoisotopic (exact) mass is 635 g/mol. The topological polar surface area (TPSA) is 42.7 Å². The van der Waals surface area contributed by atoms with Gasteiger partial charge in [-0.15, -0.1) is 0 Å². The molecule has 6 aromatic carbocycles. The molecule has 0 aliphatic heterocycles. The van der Waals surface area contributed by atoms with Crippen LogP contribution < -0.4 is 4.90 Å². The molecule has 0 N–H and O–H groups in total. The molecule has 0 amide bonds. The molecule has 49 heavy (non-hydrogen) atoms. The molecule has 0 spiro atoms. The number of aryl methyl sites for hydroxylation is 3. The highest BCUT2D eigenvalue weighted by molar-refractivity contribution is 5.89. The largest absolute Gasteiger partial charge is 0.456 e. The summed E-state index contributed by atoms with van der Waals surface area (Å²) < 4.78 is 19.0. The van der Waals surface area contributed by atoms with E-state index in [0.29, 0.717) is 0 Å².